The standard InChI is InChI=1S/C29H44N4O6/c1-20(2)17-33(22-16-21(27(35)38-7)18-31(19-22)28(36)39-29(3,4)5)26(34)25-23(12-9-11-15-37-6)32-14-10-8-13-24(32)30-25/h8,10,13-14,20-22H,9,11-12,15-19H2,1-7H3/t21-,22?/m1/s1. The number of methoxy groups -OCH3 is 2. The Kier molecular flexibility index (Phi) is 10.4. The van der Waals surface area contributed by atoms with E-state index in [1.54, 1.807) is 32.8 Å². The first-order valence-corrected chi connectivity index (χ1v) is 13.8. The fourth-order valence-corrected chi connectivity index (χ4v) is 5.03. The summed E-state index contributed by atoms with van der Waals surface area (Å²) in [5.41, 5.74) is 1.28. The Morgan fingerprint density at radius 1 is 1.13 bits per heavy atom. The first-order chi connectivity index (χ1) is 18.4. The number of ether oxygens (including phenoxy) is 3. The number of esters is 1. The van der Waals surface area contributed by atoms with E-state index in [0.29, 0.717) is 37.3 Å². The van der Waals surface area contributed by atoms with Crippen LogP contribution in [-0.4, -0.2) is 89.3 Å². The zero-order valence-electron chi connectivity index (χ0n) is 24.4. The third-order valence-corrected chi connectivity index (χ3v) is 6.72. The van der Waals surface area contributed by atoms with Crippen molar-refractivity contribution in [2.24, 2.45) is 11.8 Å². The molecule has 3 rings (SSSR count). The predicted octanol–water partition coefficient (Wildman–Crippen LogP) is 4.20. The van der Waals surface area contributed by atoms with Crippen molar-refractivity contribution in [2.45, 2.75) is 71.9 Å². The van der Waals surface area contributed by atoms with E-state index in [-0.39, 0.29) is 24.9 Å². The molecule has 1 aliphatic heterocycles. The predicted molar refractivity (Wildman–Crippen MR) is 148 cm³/mol. The van der Waals surface area contributed by atoms with Crippen LogP contribution in [0.15, 0.2) is 24.4 Å². The minimum Gasteiger partial charge on any atom is -0.469 e. The van der Waals surface area contributed by atoms with Gasteiger partial charge in [0.25, 0.3) is 5.91 Å². The van der Waals surface area contributed by atoms with Gasteiger partial charge in [-0.25, -0.2) is 9.78 Å². The molecule has 10 heteroatoms. The average Bonchev–Trinajstić information content (AvgIpc) is 3.26. The molecule has 0 radical (unpaired) electrons. The van der Waals surface area contributed by atoms with Gasteiger partial charge in [-0.3, -0.25) is 9.59 Å². The van der Waals surface area contributed by atoms with Crippen LogP contribution >= 0.6 is 0 Å². The van der Waals surface area contributed by atoms with Crippen molar-refractivity contribution >= 4 is 23.6 Å². The number of imidazole rings is 1. The van der Waals surface area contributed by atoms with E-state index < -0.39 is 29.6 Å². The van der Waals surface area contributed by atoms with Crippen LogP contribution in [0.25, 0.3) is 5.65 Å². The van der Waals surface area contributed by atoms with Crippen LogP contribution in [0.5, 0.6) is 0 Å². The minimum absolute atomic E-state index is 0.157. The lowest BCUT2D eigenvalue weighted by Crippen LogP contribution is -2.57. The Morgan fingerprint density at radius 3 is 2.51 bits per heavy atom. The highest BCUT2D eigenvalue weighted by Gasteiger charge is 2.41. The summed E-state index contributed by atoms with van der Waals surface area (Å²) in [5.74, 6) is -1.02. The molecule has 39 heavy (non-hydrogen) atoms. The molecule has 0 bridgehead atoms. The van der Waals surface area contributed by atoms with E-state index in [1.807, 2.05) is 42.6 Å². The lowest BCUT2D eigenvalue weighted by molar-refractivity contribution is -0.148. The summed E-state index contributed by atoms with van der Waals surface area (Å²) in [6, 6.07) is 5.31. The molecule has 2 aromatic rings. The number of hydrogen-bond acceptors (Lipinski definition) is 7. The molecule has 2 aromatic heterocycles. The molecule has 0 N–H and O–H groups in total. The molecule has 1 unspecified atom stereocenters. The maximum Gasteiger partial charge on any atom is 0.410 e. The molecule has 0 aromatic carbocycles. The van der Waals surface area contributed by atoms with Crippen LogP contribution in [0.1, 0.15) is 70.1 Å². The molecule has 0 aliphatic carbocycles. The normalized spacial score (nSPS) is 17.9. The maximum absolute atomic E-state index is 14.3. The van der Waals surface area contributed by atoms with Gasteiger partial charge in [-0.15, -0.1) is 0 Å². The summed E-state index contributed by atoms with van der Waals surface area (Å²) in [5, 5.41) is 0. The largest absolute Gasteiger partial charge is 0.469 e. The summed E-state index contributed by atoms with van der Waals surface area (Å²) < 4.78 is 17.8. The number of rotatable bonds is 10. The van der Waals surface area contributed by atoms with Crippen molar-refractivity contribution in [1.82, 2.24) is 19.2 Å². The highest BCUT2D eigenvalue weighted by molar-refractivity contribution is 5.95. The minimum atomic E-state index is -0.688. The van der Waals surface area contributed by atoms with E-state index in [0.717, 1.165) is 18.5 Å². The quantitative estimate of drug-likeness (QED) is 0.326. The van der Waals surface area contributed by atoms with Gasteiger partial charge in [0, 0.05) is 39.5 Å². The molecule has 3 heterocycles. The highest BCUT2D eigenvalue weighted by Crippen LogP contribution is 2.27. The van der Waals surface area contributed by atoms with Crippen molar-refractivity contribution < 1.29 is 28.6 Å². The first-order valence-electron chi connectivity index (χ1n) is 13.8. The van der Waals surface area contributed by atoms with Crippen molar-refractivity contribution in [2.75, 3.05) is 40.5 Å². The summed E-state index contributed by atoms with van der Waals surface area (Å²) in [4.78, 5) is 48.1. The molecule has 1 aliphatic rings. The summed E-state index contributed by atoms with van der Waals surface area (Å²) in [6.45, 7) is 11.0. The SMILES string of the molecule is COCCCCc1c(C(=O)N(CC(C)C)C2C[C@@H](C(=O)OC)CN(C(=O)OC(C)(C)C)C2)nc2ccccn12. The Hall–Kier alpha value is -3.14. The van der Waals surface area contributed by atoms with E-state index in [2.05, 4.69) is 0 Å². The van der Waals surface area contributed by atoms with Gasteiger partial charge in [-0.2, -0.15) is 0 Å². The molecule has 10 nitrogen and oxygen atoms in total. The molecule has 0 spiro atoms. The van der Waals surface area contributed by atoms with E-state index in [9.17, 15) is 14.4 Å². The van der Waals surface area contributed by atoms with Crippen LogP contribution in [-0.2, 0) is 25.4 Å². The second-order valence-corrected chi connectivity index (χ2v) is 11.6. The number of aromatic nitrogens is 2. The van der Waals surface area contributed by atoms with Gasteiger partial charge in [0.15, 0.2) is 5.69 Å². The molecule has 216 valence electrons. The van der Waals surface area contributed by atoms with Crippen molar-refractivity contribution in [1.29, 1.82) is 0 Å². The second-order valence-electron chi connectivity index (χ2n) is 11.6. The average molecular weight is 545 g/mol. The summed E-state index contributed by atoms with van der Waals surface area (Å²) in [7, 11) is 3.02. The summed E-state index contributed by atoms with van der Waals surface area (Å²) >= 11 is 0. The number of carbonyl (C=O) groups is 3. The van der Waals surface area contributed by atoms with Gasteiger partial charge in [0.1, 0.15) is 11.2 Å². The van der Waals surface area contributed by atoms with Gasteiger partial charge in [0.05, 0.1) is 24.8 Å². The van der Waals surface area contributed by atoms with Crippen LogP contribution in [0.3, 0.4) is 0 Å². The molecular formula is C29H44N4O6. The topological polar surface area (TPSA) is 103 Å². The number of likely N-dealkylation sites (tertiary alicyclic amines) is 1. The Morgan fingerprint density at radius 2 is 1.87 bits per heavy atom. The molecule has 1 saturated heterocycles. The third kappa shape index (κ3) is 7.94. The third-order valence-electron chi connectivity index (χ3n) is 6.72. The van der Waals surface area contributed by atoms with Crippen LogP contribution < -0.4 is 0 Å². The Balaban J connectivity index is 1.98. The second kappa shape index (κ2) is 13.3. The molecule has 2 atom stereocenters. The van der Waals surface area contributed by atoms with Crippen LogP contribution in [0, 0.1) is 11.8 Å². The Bertz CT molecular complexity index is 1140. The number of unbranched alkanes of at least 4 members (excludes halogenated alkanes) is 1. The van der Waals surface area contributed by atoms with E-state index in [4.69, 9.17) is 19.2 Å². The van der Waals surface area contributed by atoms with E-state index in [1.165, 1.54) is 12.0 Å². The van der Waals surface area contributed by atoms with Gasteiger partial charge < -0.3 is 28.4 Å². The first kappa shape index (κ1) is 30.4. The lowest BCUT2D eigenvalue weighted by atomic mass is 9.92. The number of fused-ring (bicyclic) bond motifs is 1. The number of hydrogen-bond donors (Lipinski definition) is 0. The summed E-state index contributed by atoms with van der Waals surface area (Å²) in [6.07, 6.45) is 4.20. The lowest BCUT2D eigenvalue weighted by Gasteiger charge is -2.42. The Labute approximate surface area is 231 Å². The van der Waals surface area contributed by atoms with Crippen LogP contribution in [0.4, 0.5) is 4.79 Å². The fourth-order valence-electron chi connectivity index (χ4n) is 5.03. The van der Waals surface area contributed by atoms with E-state index >= 15 is 0 Å². The fraction of sp³-hybridized carbons (Fsp3) is 0.655. The highest BCUT2D eigenvalue weighted by atomic mass is 16.6. The van der Waals surface area contributed by atoms with Crippen LogP contribution in [0.2, 0.25) is 0 Å². The smallest absolute Gasteiger partial charge is 0.410 e. The number of pyridine rings is 1. The molecule has 1 fully saturated rings. The zero-order valence-corrected chi connectivity index (χ0v) is 24.4. The maximum atomic E-state index is 14.3. The van der Waals surface area contributed by atoms with Crippen molar-refractivity contribution in [3.63, 3.8) is 0 Å². The van der Waals surface area contributed by atoms with Crippen molar-refractivity contribution in [3.8, 4) is 0 Å². The van der Waals surface area contributed by atoms with Gasteiger partial charge in [-0.1, -0.05) is 19.9 Å². The van der Waals surface area contributed by atoms with Gasteiger partial charge in [-0.05, 0) is 64.5 Å². The zero-order chi connectivity index (χ0) is 28.7. The molecule has 2 amide bonds. The number of nitrogens with zero attached hydrogens (tertiary/aromatic N) is 4. The van der Waals surface area contributed by atoms with Crippen molar-refractivity contribution in [3.05, 3.63) is 35.8 Å². The molecule has 0 saturated carbocycles. The molecular weight excluding hydrogens is 500 g/mol. The number of carbonyl (C=O) groups excluding carboxylic acids is 3. The number of aryl methyl sites for hydroxylation is 1. The monoisotopic (exact) mass is 544 g/mol. The van der Waals surface area contributed by atoms with Gasteiger partial charge >= 0.3 is 12.1 Å². The number of amides is 2. The number of piperidine rings is 1. The van der Waals surface area contributed by atoms with Gasteiger partial charge in [0.2, 0.25) is 0 Å².